The lowest BCUT2D eigenvalue weighted by atomic mass is 9.96. The van der Waals surface area contributed by atoms with Gasteiger partial charge in [0, 0.05) is 37.5 Å². The molecular formula is C37H24N2S. The van der Waals surface area contributed by atoms with Crippen molar-refractivity contribution >= 4 is 37.2 Å². The van der Waals surface area contributed by atoms with E-state index >= 15 is 0 Å². The lowest BCUT2D eigenvalue weighted by molar-refractivity contribution is 1.19. The summed E-state index contributed by atoms with van der Waals surface area (Å²) in [6, 6.07) is 49.8. The van der Waals surface area contributed by atoms with Gasteiger partial charge in [-0.1, -0.05) is 115 Å². The molecule has 0 spiro atoms. The second-order valence-electron chi connectivity index (χ2n) is 10.0. The molecule has 0 N–H and O–H groups in total. The van der Waals surface area contributed by atoms with Crippen molar-refractivity contribution in [3.05, 3.63) is 146 Å². The summed E-state index contributed by atoms with van der Waals surface area (Å²) >= 11 is 1.88. The molecule has 0 aliphatic rings. The van der Waals surface area contributed by atoms with Gasteiger partial charge in [-0.2, -0.15) is 0 Å². The van der Waals surface area contributed by atoms with Crippen LogP contribution in [0.4, 0.5) is 0 Å². The molecule has 3 aromatic heterocycles. The second-order valence-corrected chi connectivity index (χ2v) is 11.1. The van der Waals surface area contributed by atoms with Crippen LogP contribution in [-0.4, -0.2) is 9.38 Å². The monoisotopic (exact) mass is 528 g/mol. The predicted octanol–water partition coefficient (Wildman–Crippen LogP) is 10.4. The Kier molecular flexibility index (Phi) is 5.35. The van der Waals surface area contributed by atoms with Crippen LogP contribution in [0.3, 0.4) is 0 Å². The average molecular weight is 529 g/mol. The lowest BCUT2D eigenvalue weighted by Gasteiger charge is -2.10. The normalized spacial score (nSPS) is 11.5. The summed E-state index contributed by atoms with van der Waals surface area (Å²) < 4.78 is 4.86. The third kappa shape index (κ3) is 3.75. The summed E-state index contributed by atoms with van der Waals surface area (Å²) in [4.78, 5) is 4.99. The van der Waals surface area contributed by atoms with E-state index in [-0.39, 0.29) is 0 Å². The topological polar surface area (TPSA) is 17.3 Å². The van der Waals surface area contributed by atoms with Crippen molar-refractivity contribution in [2.24, 2.45) is 0 Å². The number of imidazole rings is 1. The van der Waals surface area contributed by atoms with Gasteiger partial charge in [0.05, 0.1) is 11.4 Å². The smallest absolute Gasteiger partial charge is 0.137 e. The number of aromatic nitrogens is 2. The van der Waals surface area contributed by atoms with Gasteiger partial charge in [-0.25, -0.2) is 4.98 Å². The fourth-order valence-corrected chi connectivity index (χ4v) is 6.97. The van der Waals surface area contributed by atoms with Crippen LogP contribution in [0.5, 0.6) is 0 Å². The molecule has 0 saturated carbocycles. The maximum Gasteiger partial charge on any atom is 0.137 e. The fourth-order valence-electron chi connectivity index (χ4n) is 5.73. The molecule has 8 rings (SSSR count). The molecule has 0 atom stereocenters. The fraction of sp³-hybridized carbons (Fsp3) is 0. The van der Waals surface area contributed by atoms with E-state index in [1.807, 2.05) is 23.5 Å². The molecule has 0 radical (unpaired) electrons. The van der Waals surface area contributed by atoms with Crippen LogP contribution in [0.2, 0.25) is 0 Å². The van der Waals surface area contributed by atoms with Gasteiger partial charge in [-0.15, -0.1) is 11.3 Å². The van der Waals surface area contributed by atoms with Crippen molar-refractivity contribution in [2.45, 2.75) is 0 Å². The van der Waals surface area contributed by atoms with Crippen molar-refractivity contribution in [1.82, 2.24) is 9.38 Å². The predicted molar refractivity (Wildman–Crippen MR) is 170 cm³/mol. The van der Waals surface area contributed by atoms with Gasteiger partial charge in [0.1, 0.15) is 5.65 Å². The number of nitrogens with zero attached hydrogens (tertiary/aromatic N) is 2. The Bertz CT molecular complexity index is 2150. The molecule has 0 fully saturated rings. The summed E-state index contributed by atoms with van der Waals surface area (Å²) in [6.07, 6.45) is 2.09. The summed E-state index contributed by atoms with van der Waals surface area (Å²) in [7, 11) is 0. The first-order valence-electron chi connectivity index (χ1n) is 13.5. The Morgan fingerprint density at radius 1 is 0.500 bits per heavy atom. The third-order valence-corrected chi connectivity index (χ3v) is 8.87. The Morgan fingerprint density at radius 2 is 1.20 bits per heavy atom. The summed E-state index contributed by atoms with van der Waals surface area (Å²) in [5.74, 6) is 0. The van der Waals surface area contributed by atoms with Gasteiger partial charge in [-0.05, 0) is 46.5 Å². The largest absolute Gasteiger partial charge is 0.299 e. The zero-order valence-electron chi connectivity index (χ0n) is 21.7. The molecule has 0 aliphatic heterocycles. The highest BCUT2D eigenvalue weighted by atomic mass is 32.1. The molecule has 8 aromatic rings. The number of thiophene rings is 1. The first kappa shape index (κ1) is 22.9. The molecule has 188 valence electrons. The van der Waals surface area contributed by atoms with Crippen molar-refractivity contribution in [3.8, 4) is 44.8 Å². The van der Waals surface area contributed by atoms with E-state index in [2.05, 4.69) is 138 Å². The maximum absolute atomic E-state index is 4.99. The first-order valence-corrected chi connectivity index (χ1v) is 14.3. The lowest BCUT2D eigenvalue weighted by Crippen LogP contribution is -1.89. The average Bonchev–Trinajstić information content (AvgIpc) is 3.61. The van der Waals surface area contributed by atoms with Crippen LogP contribution in [0.15, 0.2) is 146 Å². The van der Waals surface area contributed by atoms with E-state index in [1.165, 1.54) is 42.4 Å². The molecule has 0 amide bonds. The molecule has 0 unspecified atom stereocenters. The van der Waals surface area contributed by atoms with Crippen LogP contribution in [0.1, 0.15) is 0 Å². The minimum absolute atomic E-state index is 0.948. The zero-order valence-corrected chi connectivity index (χ0v) is 22.5. The second kappa shape index (κ2) is 9.33. The van der Waals surface area contributed by atoms with Crippen LogP contribution in [-0.2, 0) is 0 Å². The molecule has 3 heteroatoms. The van der Waals surface area contributed by atoms with Gasteiger partial charge in [0.15, 0.2) is 0 Å². The third-order valence-electron chi connectivity index (χ3n) is 7.65. The molecule has 0 saturated heterocycles. The van der Waals surface area contributed by atoms with Crippen molar-refractivity contribution < 1.29 is 0 Å². The van der Waals surface area contributed by atoms with Crippen LogP contribution >= 0.6 is 11.3 Å². The van der Waals surface area contributed by atoms with E-state index in [0.29, 0.717) is 0 Å². The molecule has 2 nitrogen and oxygen atoms in total. The molecule has 0 bridgehead atoms. The molecule has 3 heterocycles. The highest BCUT2D eigenvalue weighted by Gasteiger charge is 2.16. The first-order chi connectivity index (χ1) is 19.8. The number of pyridine rings is 1. The van der Waals surface area contributed by atoms with Gasteiger partial charge in [0.25, 0.3) is 0 Å². The van der Waals surface area contributed by atoms with Gasteiger partial charge < -0.3 is 0 Å². The van der Waals surface area contributed by atoms with E-state index in [9.17, 15) is 0 Å². The molecular weight excluding hydrogens is 504 g/mol. The number of hydrogen-bond donors (Lipinski definition) is 0. The number of fused-ring (bicyclic) bond motifs is 4. The quantitative estimate of drug-likeness (QED) is 0.222. The minimum atomic E-state index is 0.948. The van der Waals surface area contributed by atoms with E-state index in [4.69, 9.17) is 4.98 Å². The maximum atomic E-state index is 4.99. The Balaban J connectivity index is 1.21. The van der Waals surface area contributed by atoms with Crippen molar-refractivity contribution in [1.29, 1.82) is 0 Å². The Labute approximate surface area is 236 Å². The van der Waals surface area contributed by atoms with E-state index < -0.39 is 0 Å². The van der Waals surface area contributed by atoms with E-state index in [0.717, 1.165) is 28.2 Å². The number of benzene rings is 5. The molecule has 40 heavy (non-hydrogen) atoms. The number of hydrogen-bond acceptors (Lipinski definition) is 2. The van der Waals surface area contributed by atoms with Gasteiger partial charge >= 0.3 is 0 Å². The van der Waals surface area contributed by atoms with E-state index in [1.54, 1.807) is 0 Å². The van der Waals surface area contributed by atoms with Gasteiger partial charge in [0.2, 0.25) is 0 Å². The standard InChI is InChI=1S/C37H24N2S/c1-2-10-26(11-3-1)35-36(39-23-7-6-18-34(39)38-35)27-21-19-25(20-22-27)28-12-8-13-29(24-28)30-15-9-16-32-31-14-4-5-17-33(31)40-37(30)32/h1-24H. The molecule has 5 aromatic carbocycles. The van der Waals surface area contributed by atoms with Crippen molar-refractivity contribution in [3.63, 3.8) is 0 Å². The van der Waals surface area contributed by atoms with Crippen LogP contribution < -0.4 is 0 Å². The van der Waals surface area contributed by atoms with Gasteiger partial charge in [-0.3, -0.25) is 4.40 Å². The summed E-state index contributed by atoms with van der Waals surface area (Å²) in [6.45, 7) is 0. The number of rotatable bonds is 4. The van der Waals surface area contributed by atoms with Crippen LogP contribution in [0.25, 0.3) is 70.6 Å². The van der Waals surface area contributed by atoms with Crippen LogP contribution in [0, 0.1) is 0 Å². The van der Waals surface area contributed by atoms with Crippen molar-refractivity contribution in [2.75, 3.05) is 0 Å². The SMILES string of the molecule is c1ccc(-c2nc3ccccn3c2-c2ccc(-c3cccc(-c4cccc5c4sc4ccccc45)c3)cc2)cc1. The Morgan fingerprint density at radius 3 is 2.10 bits per heavy atom. The highest BCUT2D eigenvalue weighted by Crippen LogP contribution is 2.41. The Hall–Kier alpha value is -4.99. The summed E-state index contributed by atoms with van der Waals surface area (Å²) in [5.41, 5.74) is 10.3. The molecule has 0 aliphatic carbocycles. The highest BCUT2D eigenvalue weighted by molar-refractivity contribution is 7.26. The zero-order chi connectivity index (χ0) is 26.5. The minimum Gasteiger partial charge on any atom is -0.299 e. The summed E-state index contributed by atoms with van der Waals surface area (Å²) in [5, 5.41) is 2.66.